The maximum absolute atomic E-state index is 12.6. The first-order valence-electron chi connectivity index (χ1n) is 7.97. The summed E-state index contributed by atoms with van der Waals surface area (Å²) in [6.07, 6.45) is 6.16. The van der Waals surface area contributed by atoms with Crippen molar-refractivity contribution < 1.29 is 4.79 Å². The lowest BCUT2D eigenvalue weighted by atomic mass is 9.90. The van der Waals surface area contributed by atoms with Crippen LogP contribution in [-0.2, 0) is 18.3 Å². The van der Waals surface area contributed by atoms with Crippen molar-refractivity contribution in [2.24, 2.45) is 7.05 Å². The Morgan fingerprint density at radius 3 is 2.78 bits per heavy atom. The van der Waals surface area contributed by atoms with Crippen LogP contribution in [0.1, 0.15) is 48.5 Å². The summed E-state index contributed by atoms with van der Waals surface area (Å²) in [6, 6.07) is 7.14. The van der Waals surface area contributed by atoms with Gasteiger partial charge in [0, 0.05) is 31.2 Å². The number of aromatic nitrogens is 2. The Morgan fingerprint density at radius 1 is 1.30 bits per heavy atom. The summed E-state index contributed by atoms with van der Waals surface area (Å²) in [5.41, 5.74) is 3.05. The van der Waals surface area contributed by atoms with Gasteiger partial charge < -0.3 is 9.88 Å². The van der Waals surface area contributed by atoms with Crippen LogP contribution in [0.5, 0.6) is 0 Å². The summed E-state index contributed by atoms with van der Waals surface area (Å²) in [7, 11) is 1.80. The van der Waals surface area contributed by atoms with Gasteiger partial charge in [0.25, 0.3) is 0 Å². The molecule has 2 aromatic rings. The van der Waals surface area contributed by atoms with E-state index in [9.17, 15) is 9.59 Å². The van der Waals surface area contributed by atoms with Gasteiger partial charge in [0.15, 0.2) is 0 Å². The number of pyridine rings is 2. The first-order valence-corrected chi connectivity index (χ1v) is 7.97. The number of hydrogen-bond donors (Lipinski definition) is 1. The quantitative estimate of drug-likeness (QED) is 0.944. The molecular formula is C18H21N3O2. The minimum atomic E-state index is -0.226. The Hall–Kier alpha value is -2.43. The molecule has 0 bridgehead atoms. The molecule has 0 saturated heterocycles. The number of carbonyl (C=O) groups is 1. The normalized spacial score (nSPS) is 18.1. The number of carbonyl (C=O) groups excluding carboxylic acids is 1. The molecule has 0 radical (unpaired) electrons. The van der Waals surface area contributed by atoms with Crippen LogP contribution in [0.2, 0.25) is 0 Å². The second-order valence-corrected chi connectivity index (χ2v) is 6.09. The molecule has 0 spiro atoms. The molecule has 2 aromatic heterocycles. The molecule has 3 rings (SSSR count). The van der Waals surface area contributed by atoms with Crippen LogP contribution < -0.4 is 10.9 Å². The first kappa shape index (κ1) is 15.5. The number of nitrogens with one attached hydrogen (secondary N) is 1. The number of amides is 1. The molecule has 0 aromatic carbocycles. The lowest BCUT2D eigenvalue weighted by Crippen LogP contribution is -2.35. The van der Waals surface area contributed by atoms with Crippen molar-refractivity contribution in [3.63, 3.8) is 0 Å². The van der Waals surface area contributed by atoms with E-state index in [0.29, 0.717) is 0 Å². The van der Waals surface area contributed by atoms with Gasteiger partial charge in [-0.05, 0) is 55.5 Å². The third-order valence-corrected chi connectivity index (χ3v) is 4.67. The first-order chi connectivity index (χ1) is 11.1. The fourth-order valence-electron chi connectivity index (χ4n) is 3.20. The van der Waals surface area contributed by atoms with E-state index in [1.165, 1.54) is 0 Å². The summed E-state index contributed by atoms with van der Waals surface area (Å²) in [4.78, 5) is 28.3. The summed E-state index contributed by atoms with van der Waals surface area (Å²) < 4.78 is 1.69. The standard InChI is InChI=1S/C18H21N3O2/c1-12(13-8-10-19-11-9-13)18(23)20-15-4-3-5-16-14(15)6-7-17(22)21(16)2/h6-12,15H,3-5H2,1-2H3,(H,20,23). The third-order valence-electron chi connectivity index (χ3n) is 4.67. The molecule has 0 aliphatic heterocycles. The lowest BCUT2D eigenvalue weighted by Gasteiger charge is -2.28. The Morgan fingerprint density at radius 2 is 2.04 bits per heavy atom. The molecule has 5 heteroatoms. The van der Waals surface area contributed by atoms with Crippen LogP contribution in [0.3, 0.4) is 0 Å². The zero-order chi connectivity index (χ0) is 16.4. The minimum Gasteiger partial charge on any atom is -0.349 e. The topological polar surface area (TPSA) is 64.0 Å². The minimum absolute atomic E-state index is 0.000815. The molecule has 0 saturated carbocycles. The zero-order valence-corrected chi connectivity index (χ0v) is 13.5. The summed E-state index contributed by atoms with van der Waals surface area (Å²) in [6.45, 7) is 1.90. The van der Waals surface area contributed by atoms with Crippen LogP contribution in [0, 0.1) is 0 Å². The van der Waals surface area contributed by atoms with E-state index in [1.54, 1.807) is 30.1 Å². The molecule has 23 heavy (non-hydrogen) atoms. The van der Waals surface area contributed by atoms with E-state index in [4.69, 9.17) is 0 Å². The fraction of sp³-hybridized carbons (Fsp3) is 0.389. The molecule has 1 aliphatic carbocycles. The Kier molecular flexibility index (Phi) is 4.28. The van der Waals surface area contributed by atoms with E-state index in [-0.39, 0.29) is 23.4 Å². The summed E-state index contributed by atoms with van der Waals surface area (Å²) in [5.74, 6) is -0.223. The largest absolute Gasteiger partial charge is 0.349 e. The van der Waals surface area contributed by atoms with Gasteiger partial charge >= 0.3 is 0 Å². The molecule has 2 atom stereocenters. The number of nitrogens with zero attached hydrogens (tertiary/aromatic N) is 2. The highest BCUT2D eigenvalue weighted by Crippen LogP contribution is 2.29. The molecule has 120 valence electrons. The number of fused-ring (bicyclic) bond motifs is 1. The zero-order valence-electron chi connectivity index (χ0n) is 13.5. The van der Waals surface area contributed by atoms with E-state index in [1.807, 2.05) is 25.1 Å². The summed E-state index contributed by atoms with van der Waals surface area (Å²) in [5, 5.41) is 3.15. The monoisotopic (exact) mass is 311 g/mol. The second-order valence-electron chi connectivity index (χ2n) is 6.09. The average molecular weight is 311 g/mol. The van der Waals surface area contributed by atoms with Gasteiger partial charge in [-0.15, -0.1) is 0 Å². The molecule has 1 aliphatic rings. The Bertz CT molecular complexity index is 768. The number of rotatable bonds is 3. The predicted molar refractivity (Wildman–Crippen MR) is 88.2 cm³/mol. The molecule has 2 unspecified atom stereocenters. The van der Waals surface area contributed by atoms with Gasteiger partial charge in [-0.1, -0.05) is 0 Å². The third kappa shape index (κ3) is 3.04. The van der Waals surface area contributed by atoms with E-state index in [2.05, 4.69) is 10.3 Å². The smallest absolute Gasteiger partial charge is 0.250 e. The van der Waals surface area contributed by atoms with Crippen molar-refractivity contribution in [1.82, 2.24) is 14.9 Å². The molecular weight excluding hydrogens is 290 g/mol. The van der Waals surface area contributed by atoms with Crippen LogP contribution in [0.25, 0.3) is 0 Å². The SMILES string of the molecule is CC(C(=O)NC1CCCc2c1ccc(=O)n2C)c1ccncc1. The van der Waals surface area contributed by atoms with Crippen LogP contribution >= 0.6 is 0 Å². The fourth-order valence-corrected chi connectivity index (χ4v) is 3.20. The van der Waals surface area contributed by atoms with Gasteiger partial charge in [0.2, 0.25) is 11.5 Å². The van der Waals surface area contributed by atoms with Gasteiger partial charge in [-0.25, -0.2) is 0 Å². The van der Waals surface area contributed by atoms with Gasteiger partial charge in [-0.3, -0.25) is 14.6 Å². The van der Waals surface area contributed by atoms with Gasteiger partial charge in [0.05, 0.1) is 12.0 Å². The van der Waals surface area contributed by atoms with Crippen molar-refractivity contribution in [2.75, 3.05) is 0 Å². The van der Waals surface area contributed by atoms with Crippen LogP contribution in [0.15, 0.2) is 41.5 Å². The highest BCUT2D eigenvalue weighted by molar-refractivity contribution is 5.83. The van der Waals surface area contributed by atoms with Gasteiger partial charge in [0.1, 0.15) is 0 Å². The molecule has 2 heterocycles. The Balaban J connectivity index is 1.81. The van der Waals surface area contributed by atoms with Crippen LogP contribution in [-0.4, -0.2) is 15.5 Å². The maximum Gasteiger partial charge on any atom is 0.250 e. The van der Waals surface area contributed by atoms with Crippen molar-refractivity contribution in [3.05, 3.63) is 63.8 Å². The molecule has 1 amide bonds. The second kappa shape index (κ2) is 6.36. The predicted octanol–water partition coefficient (Wildman–Crippen LogP) is 2.08. The van der Waals surface area contributed by atoms with Crippen molar-refractivity contribution in [2.45, 2.75) is 38.1 Å². The van der Waals surface area contributed by atoms with E-state index in [0.717, 1.165) is 36.1 Å². The van der Waals surface area contributed by atoms with E-state index < -0.39 is 0 Å². The Labute approximate surface area is 135 Å². The lowest BCUT2D eigenvalue weighted by molar-refractivity contribution is -0.123. The molecule has 5 nitrogen and oxygen atoms in total. The molecule has 0 fully saturated rings. The molecule has 1 N–H and O–H groups in total. The summed E-state index contributed by atoms with van der Waals surface area (Å²) >= 11 is 0. The van der Waals surface area contributed by atoms with Crippen molar-refractivity contribution in [3.8, 4) is 0 Å². The van der Waals surface area contributed by atoms with Gasteiger partial charge in [-0.2, -0.15) is 0 Å². The average Bonchev–Trinajstić information content (AvgIpc) is 2.58. The number of hydrogen-bond acceptors (Lipinski definition) is 3. The van der Waals surface area contributed by atoms with Crippen molar-refractivity contribution >= 4 is 5.91 Å². The highest BCUT2D eigenvalue weighted by atomic mass is 16.2. The van der Waals surface area contributed by atoms with Crippen LogP contribution in [0.4, 0.5) is 0 Å². The maximum atomic E-state index is 12.6. The highest BCUT2D eigenvalue weighted by Gasteiger charge is 2.25. The van der Waals surface area contributed by atoms with Crippen molar-refractivity contribution in [1.29, 1.82) is 0 Å². The van der Waals surface area contributed by atoms with E-state index >= 15 is 0 Å².